The summed E-state index contributed by atoms with van der Waals surface area (Å²) in [4.78, 5) is 0. The summed E-state index contributed by atoms with van der Waals surface area (Å²) in [6.07, 6.45) is 3.35. The minimum atomic E-state index is 0.480. The first kappa shape index (κ1) is 15.8. The monoisotopic (exact) mass is 287 g/mol. The Morgan fingerprint density at radius 1 is 1.17 bits per heavy atom. The zero-order chi connectivity index (χ0) is 13.5. The van der Waals surface area contributed by atoms with Crippen molar-refractivity contribution in [3.63, 3.8) is 0 Å². The van der Waals surface area contributed by atoms with Crippen molar-refractivity contribution in [3.05, 3.63) is 33.8 Å². The summed E-state index contributed by atoms with van der Waals surface area (Å²) in [5, 5.41) is 4.88. The molecule has 0 spiro atoms. The molecule has 0 aliphatic carbocycles. The lowest BCUT2D eigenvalue weighted by atomic mass is 9.97. The fourth-order valence-electron chi connectivity index (χ4n) is 2.07. The van der Waals surface area contributed by atoms with Gasteiger partial charge in [0.25, 0.3) is 0 Å². The molecule has 3 heteroatoms. The van der Waals surface area contributed by atoms with Gasteiger partial charge in [-0.15, -0.1) is 0 Å². The van der Waals surface area contributed by atoms with Crippen LogP contribution in [0.2, 0.25) is 10.0 Å². The van der Waals surface area contributed by atoms with Crippen LogP contribution in [0.15, 0.2) is 18.2 Å². The molecule has 0 heterocycles. The van der Waals surface area contributed by atoms with E-state index in [-0.39, 0.29) is 0 Å². The third-order valence-electron chi connectivity index (χ3n) is 3.08. The first-order chi connectivity index (χ1) is 8.54. The molecule has 0 radical (unpaired) electrons. The highest BCUT2D eigenvalue weighted by atomic mass is 35.5. The molecule has 1 aromatic rings. The lowest BCUT2D eigenvalue weighted by Crippen LogP contribution is -2.31. The van der Waals surface area contributed by atoms with Crippen LogP contribution in [0.4, 0.5) is 0 Å². The van der Waals surface area contributed by atoms with Gasteiger partial charge in [0.15, 0.2) is 0 Å². The zero-order valence-corrected chi connectivity index (χ0v) is 13.0. The fourth-order valence-corrected chi connectivity index (χ4v) is 2.47. The Balaban J connectivity index is 2.67. The van der Waals surface area contributed by atoms with E-state index in [0.717, 1.165) is 24.4 Å². The normalized spacial score (nSPS) is 13.0. The molecule has 1 nitrogen and oxygen atoms in total. The number of nitrogens with one attached hydrogen (secondary N) is 1. The molecule has 0 saturated heterocycles. The van der Waals surface area contributed by atoms with Crippen LogP contribution in [-0.4, -0.2) is 12.6 Å². The SMILES string of the molecule is CCNC(CCC(C)C)Cc1cccc(Cl)c1Cl. The Hall–Kier alpha value is -0.240. The lowest BCUT2D eigenvalue weighted by Gasteiger charge is -2.20. The summed E-state index contributed by atoms with van der Waals surface area (Å²) >= 11 is 12.3. The number of halogens is 2. The fraction of sp³-hybridized carbons (Fsp3) is 0.600. The summed E-state index contributed by atoms with van der Waals surface area (Å²) < 4.78 is 0. The Morgan fingerprint density at radius 3 is 2.50 bits per heavy atom. The van der Waals surface area contributed by atoms with Gasteiger partial charge in [-0.25, -0.2) is 0 Å². The van der Waals surface area contributed by atoms with Crippen molar-refractivity contribution < 1.29 is 0 Å². The second kappa shape index (κ2) is 8.04. The van der Waals surface area contributed by atoms with E-state index in [2.05, 4.69) is 32.2 Å². The van der Waals surface area contributed by atoms with E-state index in [1.54, 1.807) is 0 Å². The Labute approximate surface area is 121 Å². The second-order valence-electron chi connectivity index (χ2n) is 5.14. The quantitative estimate of drug-likeness (QED) is 0.748. The van der Waals surface area contributed by atoms with Crippen molar-refractivity contribution in [2.24, 2.45) is 5.92 Å². The summed E-state index contributed by atoms with van der Waals surface area (Å²) in [6, 6.07) is 6.35. The maximum atomic E-state index is 6.24. The van der Waals surface area contributed by atoms with Gasteiger partial charge >= 0.3 is 0 Å². The number of rotatable bonds is 7. The molecule has 0 saturated carbocycles. The van der Waals surface area contributed by atoms with Gasteiger partial charge in [-0.05, 0) is 43.4 Å². The molecular formula is C15H23Cl2N. The minimum Gasteiger partial charge on any atom is -0.314 e. The van der Waals surface area contributed by atoms with Crippen LogP contribution in [-0.2, 0) is 6.42 Å². The standard InChI is InChI=1S/C15H23Cl2N/c1-4-18-13(9-8-11(2)3)10-12-6-5-7-14(16)15(12)17/h5-7,11,13,18H,4,8-10H2,1-3H3. The van der Waals surface area contributed by atoms with E-state index in [9.17, 15) is 0 Å². The molecule has 0 aliphatic heterocycles. The summed E-state index contributed by atoms with van der Waals surface area (Å²) in [7, 11) is 0. The van der Waals surface area contributed by atoms with Crippen molar-refractivity contribution in [2.75, 3.05) is 6.54 Å². The van der Waals surface area contributed by atoms with E-state index in [0.29, 0.717) is 16.1 Å². The van der Waals surface area contributed by atoms with E-state index >= 15 is 0 Å². The highest BCUT2D eigenvalue weighted by molar-refractivity contribution is 6.42. The molecule has 102 valence electrons. The topological polar surface area (TPSA) is 12.0 Å². The number of benzene rings is 1. The Kier molecular flexibility index (Phi) is 7.06. The Bertz CT molecular complexity index is 364. The molecular weight excluding hydrogens is 265 g/mol. The maximum absolute atomic E-state index is 6.24. The largest absolute Gasteiger partial charge is 0.314 e. The molecule has 1 N–H and O–H groups in total. The van der Waals surface area contributed by atoms with Crippen LogP contribution >= 0.6 is 23.2 Å². The predicted molar refractivity (Wildman–Crippen MR) is 81.7 cm³/mol. The molecule has 1 aromatic carbocycles. The number of hydrogen-bond acceptors (Lipinski definition) is 1. The van der Waals surface area contributed by atoms with E-state index in [1.807, 2.05) is 12.1 Å². The first-order valence-electron chi connectivity index (χ1n) is 6.70. The van der Waals surface area contributed by atoms with Crippen LogP contribution < -0.4 is 5.32 Å². The molecule has 0 bridgehead atoms. The van der Waals surface area contributed by atoms with Gasteiger partial charge in [0.05, 0.1) is 10.0 Å². The molecule has 1 rings (SSSR count). The predicted octanol–water partition coefficient (Wildman–Crippen LogP) is 4.95. The first-order valence-corrected chi connectivity index (χ1v) is 7.46. The maximum Gasteiger partial charge on any atom is 0.0624 e. The van der Waals surface area contributed by atoms with Crippen LogP contribution in [0.5, 0.6) is 0 Å². The van der Waals surface area contributed by atoms with E-state index in [1.165, 1.54) is 12.8 Å². The molecule has 18 heavy (non-hydrogen) atoms. The lowest BCUT2D eigenvalue weighted by molar-refractivity contribution is 0.435. The third kappa shape index (κ3) is 5.17. The summed E-state index contributed by atoms with van der Waals surface area (Å²) in [6.45, 7) is 7.65. The van der Waals surface area contributed by atoms with Gasteiger partial charge in [-0.1, -0.05) is 56.1 Å². The second-order valence-corrected chi connectivity index (χ2v) is 5.93. The van der Waals surface area contributed by atoms with Gasteiger partial charge in [-0.3, -0.25) is 0 Å². The van der Waals surface area contributed by atoms with Gasteiger partial charge in [0.2, 0.25) is 0 Å². The molecule has 0 fully saturated rings. The van der Waals surface area contributed by atoms with Crippen molar-refractivity contribution in [1.82, 2.24) is 5.32 Å². The van der Waals surface area contributed by atoms with Gasteiger partial charge < -0.3 is 5.32 Å². The molecule has 0 amide bonds. The molecule has 0 aliphatic rings. The average molecular weight is 288 g/mol. The third-order valence-corrected chi connectivity index (χ3v) is 3.94. The van der Waals surface area contributed by atoms with Crippen LogP contribution in [0.25, 0.3) is 0 Å². The van der Waals surface area contributed by atoms with E-state index in [4.69, 9.17) is 23.2 Å². The van der Waals surface area contributed by atoms with Gasteiger partial charge in [0, 0.05) is 6.04 Å². The summed E-state index contributed by atoms with van der Waals surface area (Å²) in [5.74, 6) is 0.737. The van der Waals surface area contributed by atoms with Gasteiger partial charge in [0.1, 0.15) is 0 Å². The highest BCUT2D eigenvalue weighted by Gasteiger charge is 2.12. The van der Waals surface area contributed by atoms with Crippen molar-refractivity contribution in [2.45, 2.75) is 46.1 Å². The smallest absolute Gasteiger partial charge is 0.0624 e. The molecule has 0 aromatic heterocycles. The van der Waals surface area contributed by atoms with Crippen LogP contribution in [0.1, 0.15) is 39.2 Å². The summed E-state index contributed by atoms with van der Waals surface area (Å²) in [5.41, 5.74) is 1.14. The van der Waals surface area contributed by atoms with Crippen molar-refractivity contribution >= 4 is 23.2 Å². The van der Waals surface area contributed by atoms with Gasteiger partial charge in [-0.2, -0.15) is 0 Å². The number of hydrogen-bond donors (Lipinski definition) is 1. The minimum absolute atomic E-state index is 0.480. The zero-order valence-electron chi connectivity index (χ0n) is 11.5. The van der Waals surface area contributed by atoms with Crippen molar-refractivity contribution in [3.8, 4) is 0 Å². The average Bonchev–Trinajstić information content (AvgIpc) is 2.32. The van der Waals surface area contributed by atoms with E-state index < -0.39 is 0 Å². The molecule has 1 atom stereocenters. The van der Waals surface area contributed by atoms with Crippen molar-refractivity contribution in [1.29, 1.82) is 0 Å². The highest BCUT2D eigenvalue weighted by Crippen LogP contribution is 2.27. The van der Waals surface area contributed by atoms with Crippen LogP contribution in [0.3, 0.4) is 0 Å². The Morgan fingerprint density at radius 2 is 1.89 bits per heavy atom. The molecule has 1 unspecified atom stereocenters. The number of likely N-dealkylation sites (N-methyl/N-ethyl adjacent to an activating group) is 1. The van der Waals surface area contributed by atoms with Crippen LogP contribution in [0, 0.1) is 5.92 Å².